The Kier molecular flexibility index (Phi) is 6.62. The van der Waals surface area contributed by atoms with E-state index in [1.54, 1.807) is 29.7 Å². The van der Waals surface area contributed by atoms with E-state index in [1.165, 1.54) is 25.3 Å². The first-order valence-corrected chi connectivity index (χ1v) is 10.5. The molecule has 0 saturated heterocycles. The fraction of sp³-hybridized carbons (Fsp3) is 0.304. The zero-order chi connectivity index (χ0) is 21.8. The van der Waals surface area contributed by atoms with E-state index in [0.717, 1.165) is 21.6 Å². The largest absolute Gasteiger partial charge is 0.502 e. The molecule has 0 radical (unpaired) electrons. The molecule has 0 aliphatic heterocycles. The number of hydrogen-bond donors (Lipinski definition) is 1. The number of nitrogens with zero attached hydrogens (tertiary/aromatic N) is 3. The Hall–Kier alpha value is -3.06. The predicted molar refractivity (Wildman–Crippen MR) is 122 cm³/mol. The lowest BCUT2D eigenvalue weighted by atomic mass is 10.1. The van der Waals surface area contributed by atoms with Crippen molar-refractivity contribution in [3.63, 3.8) is 0 Å². The number of thiazole rings is 1. The molecule has 0 amide bonds. The maximum absolute atomic E-state index is 10.1. The van der Waals surface area contributed by atoms with Gasteiger partial charge in [-0.3, -0.25) is 4.99 Å². The third-order valence-electron chi connectivity index (χ3n) is 4.68. The summed E-state index contributed by atoms with van der Waals surface area (Å²) in [7, 11) is 3.00. The highest BCUT2D eigenvalue weighted by molar-refractivity contribution is 7.07. The monoisotopic (exact) mass is 425 g/mol. The zero-order valence-corrected chi connectivity index (χ0v) is 18.9. The summed E-state index contributed by atoms with van der Waals surface area (Å²) < 4.78 is 12.3. The van der Waals surface area contributed by atoms with Gasteiger partial charge in [-0.2, -0.15) is 5.10 Å². The lowest BCUT2D eigenvalue weighted by Gasteiger charge is -2.10. The van der Waals surface area contributed by atoms with E-state index >= 15 is 0 Å². The van der Waals surface area contributed by atoms with Gasteiger partial charge in [-0.1, -0.05) is 12.1 Å². The quantitative estimate of drug-likeness (QED) is 0.580. The second-order valence-corrected chi connectivity index (χ2v) is 8.09. The molecule has 30 heavy (non-hydrogen) atoms. The summed E-state index contributed by atoms with van der Waals surface area (Å²) >= 11 is 1.56. The van der Waals surface area contributed by atoms with Crippen LogP contribution in [-0.2, 0) is 0 Å². The molecule has 6 nitrogen and oxygen atoms in total. The van der Waals surface area contributed by atoms with Gasteiger partial charge < -0.3 is 14.6 Å². The second-order valence-electron chi connectivity index (χ2n) is 7.26. The van der Waals surface area contributed by atoms with Crippen molar-refractivity contribution in [1.29, 1.82) is 0 Å². The third kappa shape index (κ3) is 4.57. The molecular formula is C23H27N3O3S. The van der Waals surface area contributed by atoms with Gasteiger partial charge in [0.05, 0.1) is 26.1 Å². The number of aromatic hydroxyl groups is 1. The molecule has 0 fully saturated rings. The first kappa shape index (κ1) is 21.6. The van der Waals surface area contributed by atoms with Gasteiger partial charge >= 0.3 is 0 Å². The van der Waals surface area contributed by atoms with Crippen molar-refractivity contribution < 1.29 is 14.6 Å². The molecule has 0 aliphatic rings. The van der Waals surface area contributed by atoms with E-state index in [0.29, 0.717) is 11.5 Å². The maximum atomic E-state index is 10.1. The molecule has 3 aromatic rings. The summed E-state index contributed by atoms with van der Waals surface area (Å²) in [5, 5.41) is 16.9. The summed E-state index contributed by atoms with van der Waals surface area (Å²) in [6, 6.07) is 9.95. The van der Waals surface area contributed by atoms with Gasteiger partial charge in [0.15, 0.2) is 11.5 Å². The molecule has 158 valence electrons. The number of ether oxygens (including phenoxy) is 2. The fourth-order valence-corrected chi connectivity index (χ4v) is 3.90. The molecule has 0 spiro atoms. The zero-order valence-electron chi connectivity index (χ0n) is 18.1. The Morgan fingerprint density at radius 2 is 1.70 bits per heavy atom. The van der Waals surface area contributed by atoms with Crippen LogP contribution in [0.4, 0.5) is 0 Å². The average Bonchev–Trinajstić information content (AvgIpc) is 3.10. The van der Waals surface area contributed by atoms with E-state index in [-0.39, 0.29) is 11.8 Å². The molecule has 1 heterocycles. The summed E-state index contributed by atoms with van der Waals surface area (Å²) in [5.41, 5.74) is 5.26. The summed E-state index contributed by atoms with van der Waals surface area (Å²) in [5.74, 6) is 0.617. The molecule has 0 aliphatic carbocycles. The van der Waals surface area contributed by atoms with Crippen LogP contribution in [0.25, 0.3) is 11.3 Å². The topological polar surface area (TPSA) is 68.3 Å². The van der Waals surface area contributed by atoms with Crippen molar-refractivity contribution in [1.82, 2.24) is 4.68 Å². The first-order chi connectivity index (χ1) is 14.3. The van der Waals surface area contributed by atoms with E-state index in [4.69, 9.17) is 19.6 Å². The Morgan fingerprint density at radius 1 is 1.03 bits per heavy atom. The van der Waals surface area contributed by atoms with Gasteiger partial charge in [0.1, 0.15) is 0 Å². The molecule has 2 aromatic carbocycles. The Balaban J connectivity index is 2.13. The van der Waals surface area contributed by atoms with Gasteiger partial charge in [-0.25, -0.2) is 4.68 Å². The number of hydrogen-bond acceptors (Lipinski definition) is 6. The van der Waals surface area contributed by atoms with Gasteiger partial charge in [0, 0.05) is 22.5 Å². The fourth-order valence-electron chi connectivity index (χ4n) is 2.93. The van der Waals surface area contributed by atoms with Crippen LogP contribution in [0.1, 0.15) is 30.5 Å². The van der Waals surface area contributed by atoms with Crippen molar-refractivity contribution >= 4 is 17.6 Å². The minimum atomic E-state index is -0.0355. The average molecular weight is 426 g/mol. The minimum Gasteiger partial charge on any atom is -0.502 e. The Bertz CT molecular complexity index is 1120. The molecule has 7 heteroatoms. The van der Waals surface area contributed by atoms with Crippen LogP contribution in [0.5, 0.6) is 17.2 Å². The first-order valence-electron chi connectivity index (χ1n) is 9.65. The third-order valence-corrected chi connectivity index (χ3v) is 5.51. The molecule has 3 rings (SSSR count). The molecule has 0 unspecified atom stereocenters. The van der Waals surface area contributed by atoms with Crippen LogP contribution in [0.15, 0.2) is 45.8 Å². The number of aryl methyl sites for hydroxylation is 2. The van der Waals surface area contributed by atoms with Crippen molar-refractivity contribution in [3.05, 3.63) is 57.2 Å². The van der Waals surface area contributed by atoms with E-state index in [2.05, 4.69) is 37.4 Å². The van der Waals surface area contributed by atoms with Crippen LogP contribution >= 0.6 is 11.3 Å². The minimum absolute atomic E-state index is 0.0355. The number of rotatable bonds is 6. The predicted octanol–water partition coefficient (Wildman–Crippen LogP) is 4.75. The van der Waals surface area contributed by atoms with Crippen LogP contribution < -0.4 is 14.3 Å². The number of phenolic OH excluding ortho intramolecular Hbond substituents is 1. The van der Waals surface area contributed by atoms with E-state index in [9.17, 15) is 5.11 Å². The Morgan fingerprint density at radius 3 is 2.27 bits per heavy atom. The highest BCUT2D eigenvalue weighted by atomic mass is 32.1. The van der Waals surface area contributed by atoms with Crippen molar-refractivity contribution in [2.24, 2.45) is 10.1 Å². The summed E-state index contributed by atoms with van der Waals surface area (Å²) in [4.78, 5) is 5.53. The van der Waals surface area contributed by atoms with Crippen LogP contribution in [0.2, 0.25) is 0 Å². The Labute approximate surface area is 180 Å². The second kappa shape index (κ2) is 9.17. The van der Waals surface area contributed by atoms with Gasteiger partial charge in [0.25, 0.3) is 0 Å². The lowest BCUT2D eigenvalue weighted by molar-refractivity contribution is 0.340. The molecule has 0 bridgehead atoms. The van der Waals surface area contributed by atoms with Gasteiger partial charge in [-0.15, -0.1) is 11.3 Å². The maximum Gasteiger partial charge on any atom is 0.206 e. The highest BCUT2D eigenvalue weighted by Gasteiger charge is 2.12. The van der Waals surface area contributed by atoms with Crippen LogP contribution in [0, 0.1) is 13.8 Å². The van der Waals surface area contributed by atoms with E-state index < -0.39 is 0 Å². The smallest absolute Gasteiger partial charge is 0.206 e. The molecule has 1 N–H and O–H groups in total. The number of phenols is 1. The number of benzene rings is 2. The van der Waals surface area contributed by atoms with Crippen LogP contribution in [0.3, 0.4) is 0 Å². The van der Waals surface area contributed by atoms with Gasteiger partial charge in [0.2, 0.25) is 10.6 Å². The SMILES string of the molecule is COc1cc(C=Nn2c(-c3ccc(C)c(C)c3)csc2=NC(C)C)cc(OC)c1O. The van der Waals surface area contributed by atoms with Crippen molar-refractivity contribution in [2.45, 2.75) is 33.7 Å². The molecule has 0 atom stereocenters. The molecule has 1 aromatic heterocycles. The number of methoxy groups -OCH3 is 2. The van der Waals surface area contributed by atoms with Gasteiger partial charge in [-0.05, 0) is 57.0 Å². The summed E-state index contributed by atoms with van der Waals surface area (Å²) in [6.45, 7) is 8.29. The standard InChI is InChI=1S/C23H27N3O3S/c1-14(2)25-23-26(19(13-30-23)18-8-7-15(3)16(4)9-18)24-12-17-10-20(28-5)22(27)21(11-17)29-6/h7-14,27H,1-6H3. The molecular weight excluding hydrogens is 398 g/mol. The highest BCUT2D eigenvalue weighted by Crippen LogP contribution is 2.36. The van der Waals surface area contributed by atoms with Crippen molar-refractivity contribution in [3.8, 4) is 28.5 Å². The number of aromatic nitrogens is 1. The summed E-state index contributed by atoms with van der Waals surface area (Å²) in [6.07, 6.45) is 1.71. The molecule has 0 saturated carbocycles. The lowest BCUT2D eigenvalue weighted by Crippen LogP contribution is -2.14. The van der Waals surface area contributed by atoms with Crippen molar-refractivity contribution in [2.75, 3.05) is 14.2 Å². The normalized spacial score (nSPS) is 12.2. The van der Waals surface area contributed by atoms with Crippen LogP contribution in [-0.4, -0.2) is 36.3 Å². The van der Waals surface area contributed by atoms with E-state index in [1.807, 2.05) is 18.5 Å².